The van der Waals surface area contributed by atoms with E-state index in [1.54, 1.807) is 24.4 Å². The predicted octanol–water partition coefficient (Wildman–Crippen LogP) is 4.08. The van der Waals surface area contributed by atoms with E-state index in [0.717, 1.165) is 17.1 Å². The largest absolute Gasteiger partial charge is 0.355 e. The molecule has 0 aliphatic carbocycles. The SMILES string of the molecule is O=C(Nc1cccc(Nc2ccccc2)c1)c1ccccn1. The number of anilines is 3. The number of pyridine rings is 1. The van der Waals surface area contributed by atoms with Crippen LogP contribution in [0, 0.1) is 0 Å². The van der Waals surface area contributed by atoms with Crippen molar-refractivity contribution in [1.29, 1.82) is 0 Å². The Kier molecular flexibility index (Phi) is 4.11. The van der Waals surface area contributed by atoms with Gasteiger partial charge in [-0.15, -0.1) is 0 Å². The van der Waals surface area contributed by atoms with E-state index in [1.807, 2.05) is 54.6 Å². The number of rotatable bonds is 4. The third kappa shape index (κ3) is 3.49. The summed E-state index contributed by atoms with van der Waals surface area (Å²) in [5.74, 6) is -0.225. The van der Waals surface area contributed by atoms with Crippen LogP contribution in [0.3, 0.4) is 0 Å². The van der Waals surface area contributed by atoms with Gasteiger partial charge in [0.05, 0.1) is 0 Å². The number of hydrogen-bond donors (Lipinski definition) is 2. The van der Waals surface area contributed by atoms with Crippen molar-refractivity contribution in [2.24, 2.45) is 0 Å². The van der Waals surface area contributed by atoms with E-state index < -0.39 is 0 Å². The van der Waals surface area contributed by atoms with Crippen molar-refractivity contribution in [3.8, 4) is 0 Å². The summed E-state index contributed by atoms with van der Waals surface area (Å²) in [6.45, 7) is 0. The number of carbonyl (C=O) groups excluding carboxylic acids is 1. The van der Waals surface area contributed by atoms with E-state index >= 15 is 0 Å². The molecule has 0 unspecified atom stereocenters. The Balaban J connectivity index is 1.73. The van der Waals surface area contributed by atoms with E-state index in [2.05, 4.69) is 15.6 Å². The van der Waals surface area contributed by atoms with Gasteiger partial charge in [0.15, 0.2) is 0 Å². The molecular formula is C18H15N3O. The lowest BCUT2D eigenvalue weighted by molar-refractivity contribution is 0.102. The summed E-state index contributed by atoms with van der Waals surface area (Å²) < 4.78 is 0. The zero-order valence-electron chi connectivity index (χ0n) is 11.9. The summed E-state index contributed by atoms with van der Waals surface area (Å²) in [7, 11) is 0. The third-order valence-corrected chi connectivity index (χ3v) is 3.08. The summed E-state index contributed by atoms with van der Waals surface area (Å²) in [6.07, 6.45) is 1.60. The molecule has 4 nitrogen and oxygen atoms in total. The molecular weight excluding hydrogens is 274 g/mol. The molecule has 1 heterocycles. The fourth-order valence-electron chi connectivity index (χ4n) is 2.06. The van der Waals surface area contributed by atoms with Crippen LogP contribution < -0.4 is 10.6 Å². The second-order valence-corrected chi connectivity index (χ2v) is 4.74. The van der Waals surface area contributed by atoms with E-state index in [9.17, 15) is 4.79 Å². The number of nitrogens with one attached hydrogen (secondary N) is 2. The van der Waals surface area contributed by atoms with Gasteiger partial charge >= 0.3 is 0 Å². The zero-order valence-corrected chi connectivity index (χ0v) is 11.9. The quantitative estimate of drug-likeness (QED) is 0.761. The summed E-state index contributed by atoms with van der Waals surface area (Å²) in [5, 5.41) is 6.13. The molecule has 2 aromatic carbocycles. The average Bonchev–Trinajstić information content (AvgIpc) is 2.57. The van der Waals surface area contributed by atoms with Gasteiger partial charge in [-0.3, -0.25) is 9.78 Å². The highest BCUT2D eigenvalue weighted by Gasteiger charge is 2.06. The second-order valence-electron chi connectivity index (χ2n) is 4.74. The van der Waals surface area contributed by atoms with Crippen LogP contribution >= 0.6 is 0 Å². The van der Waals surface area contributed by atoms with Gasteiger partial charge in [0.2, 0.25) is 0 Å². The highest BCUT2D eigenvalue weighted by molar-refractivity contribution is 6.03. The molecule has 0 saturated heterocycles. The molecule has 0 fully saturated rings. The first-order valence-electron chi connectivity index (χ1n) is 6.96. The lowest BCUT2D eigenvalue weighted by Crippen LogP contribution is -2.13. The van der Waals surface area contributed by atoms with Gasteiger partial charge in [0.1, 0.15) is 5.69 Å². The first kappa shape index (κ1) is 13.8. The van der Waals surface area contributed by atoms with Crippen molar-refractivity contribution in [2.75, 3.05) is 10.6 Å². The topological polar surface area (TPSA) is 54.0 Å². The Morgan fingerprint density at radius 3 is 2.27 bits per heavy atom. The van der Waals surface area contributed by atoms with Crippen molar-refractivity contribution < 1.29 is 4.79 Å². The number of amides is 1. The summed E-state index contributed by atoms with van der Waals surface area (Å²) in [6, 6.07) is 22.7. The van der Waals surface area contributed by atoms with Crippen molar-refractivity contribution in [3.05, 3.63) is 84.7 Å². The highest BCUT2D eigenvalue weighted by atomic mass is 16.1. The van der Waals surface area contributed by atoms with E-state index in [0.29, 0.717) is 5.69 Å². The van der Waals surface area contributed by atoms with Crippen LogP contribution in [0.4, 0.5) is 17.1 Å². The maximum absolute atomic E-state index is 12.1. The zero-order chi connectivity index (χ0) is 15.2. The fraction of sp³-hybridized carbons (Fsp3) is 0. The van der Waals surface area contributed by atoms with Crippen LogP contribution in [-0.4, -0.2) is 10.9 Å². The lowest BCUT2D eigenvalue weighted by atomic mass is 10.2. The first-order chi connectivity index (χ1) is 10.8. The van der Waals surface area contributed by atoms with Gasteiger partial charge in [-0.25, -0.2) is 0 Å². The molecule has 0 saturated carbocycles. The van der Waals surface area contributed by atoms with E-state index in [-0.39, 0.29) is 5.91 Å². The molecule has 22 heavy (non-hydrogen) atoms. The maximum atomic E-state index is 12.1. The van der Waals surface area contributed by atoms with Crippen LogP contribution in [0.2, 0.25) is 0 Å². The molecule has 3 aromatic rings. The van der Waals surface area contributed by atoms with Crippen LogP contribution in [-0.2, 0) is 0 Å². The number of aromatic nitrogens is 1. The Morgan fingerprint density at radius 1 is 0.773 bits per heavy atom. The van der Waals surface area contributed by atoms with Gasteiger partial charge < -0.3 is 10.6 Å². The molecule has 108 valence electrons. The molecule has 0 radical (unpaired) electrons. The van der Waals surface area contributed by atoms with Crippen LogP contribution in [0.5, 0.6) is 0 Å². The molecule has 0 bridgehead atoms. The maximum Gasteiger partial charge on any atom is 0.274 e. The third-order valence-electron chi connectivity index (χ3n) is 3.08. The number of carbonyl (C=O) groups is 1. The van der Waals surface area contributed by atoms with Crippen molar-refractivity contribution in [1.82, 2.24) is 4.98 Å². The fourth-order valence-corrected chi connectivity index (χ4v) is 2.06. The van der Waals surface area contributed by atoms with E-state index in [1.165, 1.54) is 0 Å². The highest BCUT2D eigenvalue weighted by Crippen LogP contribution is 2.20. The van der Waals surface area contributed by atoms with Crippen molar-refractivity contribution in [3.63, 3.8) is 0 Å². The summed E-state index contributed by atoms with van der Waals surface area (Å²) in [4.78, 5) is 16.1. The molecule has 4 heteroatoms. The Hall–Kier alpha value is -3.14. The Bertz CT molecular complexity index is 758. The van der Waals surface area contributed by atoms with Crippen LogP contribution in [0.1, 0.15) is 10.5 Å². The monoisotopic (exact) mass is 289 g/mol. The van der Waals surface area contributed by atoms with Gasteiger partial charge in [-0.1, -0.05) is 30.3 Å². The minimum Gasteiger partial charge on any atom is -0.355 e. The van der Waals surface area contributed by atoms with Crippen LogP contribution in [0.15, 0.2) is 79.0 Å². The minimum atomic E-state index is -0.225. The summed E-state index contributed by atoms with van der Waals surface area (Å²) in [5.41, 5.74) is 3.02. The molecule has 1 aromatic heterocycles. The van der Waals surface area contributed by atoms with E-state index in [4.69, 9.17) is 0 Å². The normalized spacial score (nSPS) is 10.0. The predicted molar refractivity (Wildman–Crippen MR) is 88.4 cm³/mol. The molecule has 2 N–H and O–H groups in total. The first-order valence-corrected chi connectivity index (χ1v) is 6.96. The summed E-state index contributed by atoms with van der Waals surface area (Å²) >= 11 is 0. The molecule has 3 rings (SSSR count). The average molecular weight is 289 g/mol. The molecule has 0 aliphatic rings. The van der Waals surface area contributed by atoms with Crippen LogP contribution in [0.25, 0.3) is 0 Å². The van der Waals surface area contributed by atoms with Gasteiger partial charge in [-0.2, -0.15) is 0 Å². The molecule has 0 spiro atoms. The number of nitrogens with zero attached hydrogens (tertiary/aromatic N) is 1. The number of hydrogen-bond acceptors (Lipinski definition) is 3. The Morgan fingerprint density at radius 2 is 1.50 bits per heavy atom. The van der Waals surface area contributed by atoms with Crippen molar-refractivity contribution >= 4 is 23.0 Å². The number of para-hydroxylation sites is 1. The molecule has 1 amide bonds. The van der Waals surface area contributed by atoms with Crippen molar-refractivity contribution in [2.45, 2.75) is 0 Å². The second kappa shape index (κ2) is 6.54. The minimum absolute atomic E-state index is 0.225. The lowest BCUT2D eigenvalue weighted by Gasteiger charge is -2.09. The standard InChI is InChI=1S/C18H15N3O/c22-18(17-11-4-5-12-19-17)21-16-10-6-9-15(13-16)20-14-7-2-1-3-8-14/h1-13,20H,(H,21,22). The number of benzene rings is 2. The molecule has 0 aliphatic heterocycles. The molecule has 0 atom stereocenters. The smallest absolute Gasteiger partial charge is 0.274 e. The van der Waals surface area contributed by atoms with Gasteiger partial charge in [0, 0.05) is 23.3 Å². The Labute approximate surface area is 128 Å². The van der Waals surface area contributed by atoms with Gasteiger partial charge in [-0.05, 0) is 42.5 Å². The van der Waals surface area contributed by atoms with Gasteiger partial charge in [0.25, 0.3) is 5.91 Å².